The van der Waals surface area contributed by atoms with Crippen molar-refractivity contribution in [1.29, 1.82) is 0 Å². The minimum atomic E-state index is -0.583. The van der Waals surface area contributed by atoms with Crippen LogP contribution in [0, 0.1) is 6.08 Å². The molecule has 1 aliphatic carbocycles. The fraction of sp³-hybridized carbons (Fsp3) is 0.444. The summed E-state index contributed by atoms with van der Waals surface area (Å²) in [4.78, 5) is 9.11. The normalized spacial score (nSPS) is 8.73. The number of rotatable bonds is 0. The van der Waals surface area contributed by atoms with Crippen LogP contribution in [0.25, 0.3) is 5.73 Å². The maximum atomic E-state index is 9.11. The third-order valence-corrected chi connectivity index (χ3v) is 0.586. The van der Waals surface area contributed by atoms with E-state index in [0.29, 0.717) is 0 Å². The summed E-state index contributed by atoms with van der Waals surface area (Å²) in [7, 11) is 0.750. The van der Waals surface area contributed by atoms with Crippen molar-refractivity contribution in [3.8, 4) is 0 Å². The number of amides is 1. The molecule has 1 aliphatic rings. The zero-order chi connectivity index (χ0) is 9.82. The minimum absolute atomic E-state index is 0. The van der Waals surface area contributed by atoms with Gasteiger partial charge in [-0.05, 0) is 6.92 Å². The maximum Gasteiger partial charge on any atom is 4.00 e. The van der Waals surface area contributed by atoms with E-state index >= 15 is 0 Å². The Morgan fingerprint density at radius 3 is 1.80 bits per heavy atom. The summed E-state index contributed by atoms with van der Waals surface area (Å²) in [6, 6.07) is 0. The van der Waals surface area contributed by atoms with Gasteiger partial charge in [-0.2, -0.15) is 6.08 Å². The van der Waals surface area contributed by atoms with Crippen LogP contribution >= 0.6 is 0 Å². The van der Waals surface area contributed by atoms with Crippen LogP contribution in [-0.4, -0.2) is 15.4 Å². The standard InChI is InChI=1S/C5H5.C2H5NO.C2H7Si.2ClH.Hf/c1-2-4-5-3-1;1-2(3)4;1-3-2;;;/h1-3H,4H2;1H3,(H2,3,4);3H,1-2H3;2*1H;/q-1;;;;;+4/p-3. The van der Waals surface area contributed by atoms with Crippen LogP contribution < -0.4 is 24.8 Å². The largest absolute Gasteiger partial charge is 4.00 e. The molecule has 0 heterocycles. The molecule has 0 aliphatic heterocycles. The molecule has 0 unspecified atom stereocenters. The third kappa shape index (κ3) is 73.7. The number of carbonyl (C=O) groups is 1. The number of allylic oxidation sites excluding steroid dienone is 4. The van der Waals surface area contributed by atoms with E-state index in [1.807, 2.05) is 12.2 Å². The van der Waals surface area contributed by atoms with Crippen molar-refractivity contribution in [2.45, 2.75) is 26.4 Å². The van der Waals surface area contributed by atoms with Gasteiger partial charge in [-0.3, -0.25) is 6.08 Å². The smallest absolute Gasteiger partial charge is 1.00 e. The van der Waals surface area contributed by atoms with Crippen molar-refractivity contribution >= 4 is 15.4 Å². The molecule has 0 aromatic carbocycles. The molecule has 15 heavy (non-hydrogen) atoms. The molecule has 0 saturated carbocycles. The molecule has 0 fully saturated rings. The summed E-state index contributed by atoms with van der Waals surface area (Å²) in [6.45, 7) is 5.61. The van der Waals surface area contributed by atoms with E-state index in [9.17, 15) is 0 Å². The van der Waals surface area contributed by atoms with Crippen LogP contribution in [0.4, 0.5) is 0 Å². The predicted octanol–water partition coefficient (Wildman–Crippen LogP) is -3.58. The summed E-state index contributed by atoms with van der Waals surface area (Å²) < 4.78 is 0. The van der Waals surface area contributed by atoms with Crippen LogP contribution in [0.1, 0.15) is 13.3 Å². The van der Waals surface area contributed by atoms with Crippen LogP contribution in [0.2, 0.25) is 13.1 Å². The molecule has 0 aromatic heterocycles. The average Bonchev–Trinajstić information content (AvgIpc) is 2.40. The zero-order valence-electron chi connectivity index (χ0n) is 9.18. The van der Waals surface area contributed by atoms with Gasteiger partial charge in [-0.25, -0.2) is 12.2 Å². The topological polar surface area (TPSA) is 40.9 Å². The molecular weight excluding hydrogens is 416 g/mol. The van der Waals surface area contributed by atoms with E-state index in [1.165, 1.54) is 6.92 Å². The van der Waals surface area contributed by atoms with Crippen molar-refractivity contribution < 1.29 is 55.5 Å². The molecule has 0 bridgehead atoms. The number of nitrogens with one attached hydrogen (secondary N) is 1. The van der Waals surface area contributed by atoms with Crippen LogP contribution in [-0.2, 0) is 30.6 Å². The van der Waals surface area contributed by atoms with Gasteiger partial charge in [0, 0.05) is 15.4 Å². The minimum Gasteiger partial charge on any atom is -1.00 e. The zero-order valence-corrected chi connectivity index (χ0v) is 15.4. The summed E-state index contributed by atoms with van der Waals surface area (Å²) >= 11 is 0. The third-order valence-electron chi connectivity index (χ3n) is 0.586. The summed E-state index contributed by atoms with van der Waals surface area (Å²) in [6.07, 6.45) is 10.0. The van der Waals surface area contributed by atoms with Crippen molar-refractivity contribution in [3.63, 3.8) is 0 Å². The van der Waals surface area contributed by atoms with Gasteiger partial charge in [-0.15, -0.1) is 6.42 Å². The van der Waals surface area contributed by atoms with E-state index < -0.39 is 5.91 Å². The molecule has 0 atom stereocenters. The predicted molar refractivity (Wildman–Crippen MR) is 55.4 cm³/mol. The van der Waals surface area contributed by atoms with Gasteiger partial charge in [0.2, 0.25) is 0 Å². The van der Waals surface area contributed by atoms with Crippen LogP contribution in [0.5, 0.6) is 0 Å². The number of hydrogen-bond acceptors (Lipinski definition) is 1. The fourth-order valence-electron chi connectivity index (χ4n) is 0.340. The van der Waals surface area contributed by atoms with Gasteiger partial charge < -0.3 is 35.3 Å². The quantitative estimate of drug-likeness (QED) is 0.289. The molecule has 1 N–H and O–H groups in total. The molecule has 85 valence electrons. The molecular formula is C9H16Cl2HfNOSi. The van der Waals surface area contributed by atoms with Gasteiger partial charge in [-0.1, -0.05) is 13.1 Å². The molecule has 6 heteroatoms. The monoisotopic (exact) mass is 432 g/mol. The first-order valence-electron chi connectivity index (χ1n) is 3.83. The van der Waals surface area contributed by atoms with Crippen molar-refractivity contribution in [2.75, 3.05) is 0 Å². The molecule has 1 rings (SSSR count). The van der Waals surface area contributed by atoms with Crippen LogP contribution in [0.15, 0.2) is 18.2 Å². The van der Waals surface area contributed by atoms with Gasteiger partial charge in [0.15, 0.2) is 0 Å². The van der Waals surface area contributed by atoms with Crippen molar-refractivity contribution in [2.24, 2.45) is 0 Å². The Balaban J connectivity index is -0.0000000313. The Bertz CT molecular complexity index is 152. The van der Waals surface area contributed by atoms with Gasteiger partial charge in [0.25, 0.3) is 0 Å². The molecule has 1 radical (unpaired) electrons. The second-order valence-corrected chi connectivity index (χ2v) is 3.29. The van der Waals surface area contributed by atoms with Gasteiger partial charge in [0.1, 0.15) is 0 Å². The van der Waals surface area contributed by atoms with Gasteiger partial charge in [0.05, 0.1) is 0 Å². The Morgan fingerprint density at radius 2 is 1.73 bits per heavy atom. The Labute approximate surface area is 127 Å². The molecule has 0 saturated heterocycles. The maximum absolute atomic E-state index is 9.11. The van der Waals surface area contributed by atoms with Crippen molar-refractivity contribution in [3.05, 3.63) is 30.0 Å². The van der Waals surface area contributed by atoms with E-state index in [0.717, 1.165) is 15.9 Å². The number of halogens is 2. The van der Waals surface area contributed by atoms with E-state index in [2.05, 4.69) is 25.2 Å². The first-order chi connectivity index (χ1) is 5.65. The molecule has 2 nitrogen and oxygen atoms in total. The molecule has 0 spiro atoms. The van der Waals surface area contributed by atoms with E-state index in [-0.39, 0.29) is 50.7 Å². The summed E-state index contributed by atoms with van der Waals surface area (Å²) in [5, 5.41) is 0. The van der Waals surface area contributed by atoms with E-state index in [1.54, 1.807) is 0 Å². The van der Waals surface area contributed by atoms with E-state index in [4.69, 9.17) is 10.5 Å². The Morgan fingerprint density at radius 1 is 1.40 bits per heavy atom. The first kappa shape index (κ1) is 29.6. The summed E-state index contributed by atoms with van der Waals surface area (Å²) in [5.41, 5.74) is 5.94. The Kier molecular flexibility index (Phi) is 57.8. The van der Waals surface area contributed by atoms with Gasteiger partial charge >= 0.3 is 25.8 Å². The second-order valence-electron chi connectivity index (χ2n) is 2.14. The Hall–Kier alpha value is 0.617. The fourth-order valence-corrected chi connectivity index (χ4v) is 0.340. The average molecular weight is 432 g/mol. The summed E-state index contributed by atoms with van der Waals surface area (Å²) in [5.74, 6) is -0.583. The molecule has 0 aromatic rings. The second kappa shape index (κ2) is 29.3. The SMILES string of the molecule is CC([NH-])=O.C[SiH]C.[C-]1=CC=CC1.[Cl-].[Cl-].[Hf+4]. The van der Waals surface area contributed by atoms with Crippen molar-refractivity contribution in [1.82, 2.24) is 0 Å². The molecule has 1 amide bonds. The first-order valence-corrected chi connectivity index (χ1v) is 6.14. The number of carbonyl (C=O) groups excluding carboxylic acids is 1. The van der Waals surface area contributed by atoms with Crippen LogP contribution in [0.3, 0.4) is 0 Å². The number of hydrogen-bond donors (Lipinski definition) is 0.